The monoisotopic (exact) mass is 317 g/mol. The lowest BCUT2D eigenvalue weighted by molar-refractivity contribution is 0.324. The van der Waals surface area contributed by atoms with Crippen molar-refractivity contribution in [1.82, 2.24) is 15.1 Å². The molecule has 2 aromatic heterocycles. The van der Waals surface area contributed by atoms with Crippen LogP contribution in [0.3, 0.4) is 0 Å². The molecular weight excluding hydrogens is 302 g/mol. The maximum absolute atomic E-state index is 5.32. The molecule has 1 aromatic carbocycles. The molecule has 0 unspecified atom stereocenters. The summed E-state index contributed by atoms with van der Waals surface area (Å²) >= 11 is 0. The molecule has 0 aliphatic heterocycles. The first-order valence-electron chi connectivity index (χ1n) is 6.73. The van der Waals surface area contributed by atoms with Gasteiger partial charge in [0.1, 0.15) is 6.26 Å². The molecule has 0 spiro atoms. The summed E-state index contributed by atoms with van der Waals surface area (Å²) in [4.78, 5) is 8.47. The molecule has 0 fully saturated rings. The molecule has 0 aliphatic carbocycles. The predicted molar refractivity (Wildman–Crippen MR) is 79.6 cm³/mol. The summed E-state index contributed by atoms with van der Waals surface area (Å²) in [5.74, 6) is 2.67. The Morgan fingerprint density at radius 3 is 2.17 bits per heavy atom. The maximum Gasteiger partial charge on any atom is 0.280 e. The lowest BCUT2D eigenvalue weighted by Crippen LogP contribution is -1.96. The number of ether oxygens (including phenoxy) is 3. The fraction of sp³-hybridized carbons (Fsp3) is 0.267. The van der Waals surface area contributed by atoms with Gasteiger partial charge in [0.15, 0.2) is 23.1 Å². The van der Waals surface area contributed by atoms with E-state index in [1.165, 1.54) is 6.26 Å². The average Bonchev–Trinajstić information content (AvgIpc) is 3.22. The number of benzene rings is 1. The molecule has 8 nitrogen and oxygen atoms in total. The van der Waals surface area contributed by atoms with Gasteiger partial charge in [-0.2, -0.15) is 4.98 Å². The summed E-state index contributed by atoms with van der Waals surface area (Å²) in [6.45, 7) is 1.74. The predicted octanol–water partition coefficient (Wildman–Crippen LogP) is 2.73. The van der Waals surface area contributed by atoms with Gasteiger partial charge in [-0.25, -0.2) is 4.98 Å². The number of rotatable bonds is 5. The first kappa shape index (κ1) is 14.9. The standard InChI is InChI=1S/C15H15N3O5/c1-8-16-10(7-22-8)15-17-14(18-23-15)9-5-11(19-2)13(21-4)12(6-9)20-3/h5-7H,1-4H3. The van der Waals surface area contributed by atoms with Gasteiger partial charge in [0.05, 0.1) is 21.3 Å². The largest absolute Gasteiger partial charge is 0.493 e. The van der Waals surface area contributed by atoms with E-state index in [4.69, 9.17) is 23.2 Å². The number of hydrogen-bond donors (Lipinski definition) is 0. The van der Waals surface area contributed by atoms with Crippen molar-refractivity contribution in [1.29, 1.82) is 0 Å². The van der Waals surface area contributed by atoms with Crippen molar-refractivity contribution in [2.24, 2.45) is 0 Å². The summed E-state index contributed by atoms with van der Waals surface area (Å²) in [5.41, 5.74) is 1.14. The van der Waals surface area contributed by atoms with E-state index in [-0.39, 0.29) is 5.89 Å². The van der Waals surface area contributed by atoms with Gasteiger partial charge in [0.2, 0.25) is 11.6 Å². The van der Waals surface area contributed by atoms with Gasteiger partial charge in [0, 0.05) is 12.5 Å². The van der Waals surface area contributed by atoms with E-state index in [1.807, 2.05) is 0 Å². The van der Waals surface area contributed by atoms with Gasteiger partial charge in [-0.15, -0.1) is 0 Å². The third kappa shape index (κ3) is 2.70. The number of methoxy groups -OCH3 is 3. The molecular formula is C15H15N3O5. The van der Waals surface area contributed by atoms with Gasteiger partial charge in [0.25, 0.3) is 5.89 Å². The number of oxazole rings is 1. The second-order valence-corrected chi connectivity index (χ2v) is 4.59. The third-order valence-electron chi connectivity index (χ3n) is 3.19. The zero-order valence-electron chi connectivity index (χ0n) is 13.1. The zero-order chi connectivity index (χ0) is 16.4. The Morgan fingerprint density at radius 1 is 0.957 bits per heavy atom. The Balaban J connectivity index is 2.03. The van der Waals surface area contributed by atoms with Crippen molar-refractivity contribution in [2.75, 3.05) is 21.3 Å². The lowest BCUT2D eigenvalue weighted by atomic mass is 10.1. The van der Waals surface area contributed by atoms with Crippen LogP contribution in [0.15, 0.2) is 27.3 Å². The van der Waals surface area contributed by atoms with E-state index in [2.05, 4.69) is 15.1 Å². The SMILES string of the molecule is COc1cc(-c2noc(-c3coc(C)n3)n2)cc(OC)c1OC. The Bertz CT molecular complexity index is 799. The fourth-order valence-electron chi connectivity index (χ4n) is 2.12. The van der Waals surface area contributed by atoms with Crippen LogP contribution in [-0.4, -0.2) is 36.5 Å². The van der Waals surface area contributed by atoms with E-state index in [9.17, 15) is 0 Å². The second kappa shape index (κ2) is 5.99. The quantitative estimate of drug-likeness (QED) is 0.709. The van der Waals surface area contributed by atoms with Crippen LogP contribution < -0.4 is 14.2 Å². The smallest absolute Gasteiger partial charge is 0.280 e. The lowest BCUT2D eigenvalue weighted by Gasteiger charge is -2.12. The Kier molecular flexibility index (Phi) is 3.88. The molecule has 0 aliphatic rings. The molecule has 0 saturated carbocycles. The number of nitrogens with zero attached hydrogens (tertiary/aromatic N) is 3. The molecule has 0 bridgehead atoms. The summed E-state index contributed by atoms with van der Waals surface area (Å²) < 4.78 is 26.3. The van der Waals surface area contributed by atoms with Crippen molar-refractivity contribution in [3.05, 3.63) is 24.3 Å². The van der Waals surface area contributed by atoms with Crippen LogP contribution in [0.2, 0.25) is 0 Å². The summed E-state index contributed by atoms with van der Waals surface area (Å²) in [6, 6.07) is 3.48. The van der Waals surface area contributed by atoms with Gasteiger partial charge < -0.3 is 23.2 Å². The topological polar surface area (TPSA) is 92.6 Å². The van der Waals surface area contributed by atoms with Crippen LogP contribution in [0.1, 0.15) is 5.89 Å². The first-order chi connectivity index (χ1) is 11.2. The van der Waals surface area contributed by atoms with E-state index >= 15 is 0 Å². The van der Waals surface area contributed by atoms with E-state index < -0.39 is 0 Å². The molecule has 2 heterocycles. The highest BCUT2D eigenvalue weighted by molar-refractivity contribution is 5.67. The number of hydrogen-bond acceptors (Lipinski definition) is 8. The van der Waals surface area contributed by atoms with Gasteiger partial charge >= 0.3 is 0 Å². The Morgan fingerprint density at radius 2 is 1.65 bits per heavy atom. The minimum Gasteiger partial charge on any atom is -0.493 e. The van der Waals surface area contributed by atoms with Crippen LogP contribution in [0.5, 0.6) is 17.2 Å². The highest BCUT2D eigenvalue weighted by atomic mass is 16.5. The van der Waals surface area contributed by atoms with Crippen LogP contribution in [-0.2, 0) is 0 Å². The molecule has 3 aromatic rings. The molecule has 0 amide bonds. The van der Waals surface area contributed by atoms with Crippen molar-refractivity contribution in [3.63, 3.8) is 0 Å². The van der Waals surface area contributed by atoms with Crippen LogP contribution in [0.4, 0.5) is 0 Å². The fourth-order valence-corrected chi connectivity index (χ4v) is 2.12. The minimum absolute atomic E-state index is 0.269. The summed E-state index contributed by atoms with van der Waals surface area (Å²) in [7, 11) is 4.63. The van der Waals surface area contributed by atoms with E-state index in [0.717, 1.165) is 0 Å². The second-order valence-electron chi connectivity index (χ2n) is 4.59. The first-order valence-corrected chi connectivity index (χ1v) is 6.73. The average molecular weight is 317 g/mol. The van der Waals surface area contributed by atoms with Crippen molar-refractivity contribution >= 4 is 0 Å². The molecule has 120 valence electrons. The third-order valence-corrected chi connectivity index (χ3v) is 3.19. The molecule has 0 radical (unpaired) electrons. The molecule has 0 N–H and O–H groups in total. The van der Waals surface area contributed by atoms with Gasteiger partial charge in [-0.3, -0.25) is 0 Å². The van der Waals surface area contributed by atoms with Crippen molar-refractivity contribution in [3.8, 4) is 40.2 Å². The van der Waals surface area contributed by atoms with Gasteiger partial charge in [-0.1, -0.05) is 5.16 Å². The van der Waals surface area contributed by atoms with Crippen LogP contribution in [0, 0.1) is 6.92 Å². The molecule has 3 rings (SSSR count). The molecule has 0 saturated heterocycles. The number of aryl methyl sites for hydroxylation is 1. The highest BCUT2D eigenvalue weighted by Gasteiger charge is 2.18. The summed E-state index contributed by atoms with van der Waals surface area (Å²) in [5, 5.41) is 3.96. The molecule has 8 heteroatoms. The Hall–Kier alpha value is -3.03. The zero-order valence-corrected chi connectivity index (χ0v) is 13.1. The van der Waals surface area contributed by atoms with Gasteiger partial charge in [-0.05, 0) is 12.1 Å². The maximum atomic E-state index is 5.32. The minimum atomic E-state index is 0.269. The number of aromatic nitrogens is 3. The molecule has 23 heavy (non-hydrogen) atoms. The van der Waals surface area contributed by atoms with Crippen molar-refractivity contribution in [2.45, 2.75) is 6.92 Å². The van der Waals surface area contributed by atoms with Crippen LogP contribution in [0.25, 0.3) is 23.0 Å². The highest BCUT2D eigenvalue weighted by Crippen LogP contribution is 2.40. The Labute approximate surface area is 132 Å². The van der Waals surface area contributed by atoms with Crippen molar-refractivity contribution < 1.29 is 23.2 Å². The normalized spacial score (nSPS) is 10.6. The van der Waals surface area contributed by atoms with E-state index in [1.54, 1.807) is 40.4 Å². The van der Waals surface area contributed by atoms with Crippen LogP contribution >= 0.6 is 0 Å². The van der Waals surface area contributed by atoms with E-state index in [0.29, 0.717) is 40.2 Å². The molecule has 0 atom stereocenters. The summed E-state index contributed by atoms with van der Waals surface area (Å²) in [6.07, 6.45) is 1.46.